The molecule has 22 heavy (non-hydrogen) atoms. The number of esters is 1. The highest BCUT2D eigenvalue weighted by Gasteiger charge is 2.02. The van der Waals surface area contributed by atoms with Gasteiger partial charge in [0.25, 0.3) is 0 Å². The van der Waals surface area contributed by atoms with Gasteiger partial charge in [0.1, 0.15) is 6.61 Å². The van der Waals surface area contributed by atoms with Crippen LogP contribution in [0.4, 0.5) is 0 Å². The van der Waals surface area contributed by atoms with Gasteiger partial charge in [0.2, 0.25) is 0 Å². The Balaban J connectivity index is 1.60. The van der Waals surface area contributed by atoms with E-state index in [0.717, 1.165) is 23.9 Å². The van der Waals surface area contributed by atoms with Crippen molar-refractivity contribution in [2.75, 3.05) is 13.1 Å². The third-order valence-electron chi connectivity index (χ3n) is 3.28. The normalized spacial score (nSPS) is 10.4. The van der Waals surface area contributed by atoms with Crippen LogP contribution in [0.25, 0.3) is 0 Å². The Morgan fingerprint density at radius 1 is 0.955 bits per heavy atom. The van der Waals surface area contributed by atoms with Crippen LogP contribution in [0.3, 0.4) is 0 Å². The van der Waals surface area contributed by atoms with E-state index in [9.17, 15) is 4.79 Å². The average molecular weight is 362 g/mol. The van der Waals surface area contributed by atoms with E-state index in [2.05, 4.69) is 45.5 Å². The molecule has 0 aliphatic carbocycles. The lowest BCUT2D eigenvalue weighted by atomic mass is 10.1. The molecule has 2 aromatic rings. The number of alkyl halides is 1. The first-order valence-corrected chi connectivity index (χ1v) is 8.44. The Morgan fingerprint density at radius 2 is 1.64 bits per heavy atom. The molecule has 0 bridgehead atoms. The van der Waals surface area contributed by atoms with Crippen LogP contribution < -0.4 is 5.32 Å². The summed E-state index contributed by atoms with van der Waals surface area (Å²) in [5, 5.41) is 3.99. The molecule has 2 rings (SSSR count). The largest absolute Gasteiger partial charge is 0.460 e. The van der Waals surface area contributed by atoms with Gasteiger partial charge in [0, 0.05) is 5.33 Å². The topological polar surface area (TPSA) is 38.3 Å². The molecule has 0 aromatic heterocycles. The summed E-state index contributed by atoms with van der Waals surface area (Å²) in [7, 11) is 0. The maximum absolute atomic E-state index is 11.6. The van der Waals surface area contributed by atoms with Crippen LogP contribution in [0.2, 0.25) is 0 Å². The van der Waals surface area contributed by atoms with Crippen molar-refractivity contribution in [3.05, 3.63) is 71.3 Å². The van der Waals surface area contributed by atoms with Crippen LogP contribution in [0.1, 0.15) is 16.7 Å². The average Bonchev–Trinajstić information content (AvgIpc) is 2.58. The predicted molar refractivity (Wildman–Crippen MR) is 91.9 cm³/mol. The first-order valence-electron chi connectivity index (χ1n) is 7.32. The fourth-order valence-corrected chi connectivity index (χ4v) is 2.38. The van der Waals surface area contributed by atoms with Gasteiger partial charge < -0.3 is 10.1 Å². The summed E-state index contributed by atoms with van der Waals surface area (Å²) in [6, 6.07) is 18.1. The summed E-state index contributed by atoms with van der Waals surface area (Å²) >= 11 is 3.43. The molecule has 0 spiro atoms. The lowest BCUT2D eigenvalue weighted by molar-refractivity contribution is -0.143. The molecule has 0 fully saturated rings. The molecule has 0 amide bonds. The van der Waals surface area contributed by atoms with Gasteiger partial charge in [0.05, 0.1) is 6.54 Å². The number of hydrogen-bond acceptors (Lipinski definition) is 3. The molecule has 0 unspecified atom stereocenters. The summed E-state index contributed by atoms with van der Waals surface area (Å²) in [6.45, 7) is 1.33. The van der Waals surface area contributed by atoms with Crippen molar-refractivity contribution in [3.63, 3.8) is 0 Å². The van der Waals surface area contributed by atoms with E-state index in [0.29, 0.717) is 6.61 Å². The van der Waals surface area contributed by atoms with Crippen molar-refractivity contribution in [2.45, 2.75) is 18.4 Å². The highest BCUT2D eigenvalue weighted by Crippen LogP contribution is 2.08. The van der Waals surface area contributed by atoms with Crippen molar-refractivity contribution in [1.29, 1.82) is 0 Å². The number of carbonyl (C=O) groups excluding carboxylic acids is 1. The minimum atomic E-state index is -0.224. The van der Waals surface area contributed by atoms with Gasteiger partial charge in [-0.15, -0.1) is 0 Å². The second-order valence-electron chi connectivity index (χ2n) is 5.02. The molecule has 0 saturated carbocycles. The molecule has 0 aliphatic heterocycles. The van der Waals surface area contributed by atoms with Crippen molar-refractivity contribution < 1.29 is 9.53 Å². The Labute approximate surface area is 139 Å². The SMILES string of the molecule is O=C(CNCCc1ccc(CBr)cc1)OCc1ccccc1. The zero-order valence-corrected chi connectivity index (χ0v) is 14.0. The Bertz CT molecular complexity index is 569. The second kappa shape index (κ2) is 9.38. The van der Waals surface area contributed by atoms with Crippen LogP contribution in [0.5, 0.6) is 0 Å². The highest BCUT2D eigenvalue weighted by molar-refractivity contribution is 9.08. The molecule has 4 heteroatoms. The van der Waals surface area contributed by atoms with Gasteiger partial charge in [-0.1, -0.05) is 70.5 Å². The molecule has 0 radical (unpaired) electrons. The van der Waals surface area contributed by atoms with E-state index in [-0.39, 0.29) is 12.5 Å². The quantitative estimate of drug-likeness (QED) is 0.444. The second-order valence-corrected chi connectivity index (χ2v) is 5.58. The number of carbonyl (C=O) groups is 1. The van der Waals surface area contributed by atoms with E-state index < -0.39 is 0 Å². The Kier molecular flexibility index (Phi) is 7.13. The number of ether oxygens (including phenoxy) is 1. The monoisotopic (exact) mass is 361 g/mol. The van der Waals surface area contributed by atoms with Gasteiger partial charge in [-0.3, -0.25) is 4.79 Å². The van der Waals surface area contributed by atoms with Gasteiger partial charge in [-0.25, -0.2) is 0 Å². The molecule has 3 nitrogen and oxygen atoms in total. The number of hydrogen-bond donors (Lipinski definition) is 1. The van der Waals surface area contributed by atoms with Crippen molar-refractivity contribution >= 4 is 21.9 Å². The summed E-state index contributed by atoms with van der Waals surface area (Å²) < 4.78 is 5.20. The zero-order valence-electron chi connectivity index (χ0n) is 12.4. The van der Waals surface area contributed by atoms with Crippen LogP contribution >= 0.6 is 15.9 Å². The van der Waals surface area contributed by atoms with E-state index in [1.165, 1.54) is 11.1 Å². The molecule has 0 aliphatic rings. The first kappa shape index (κ1) is 16.7. The van der Waals surface area contributed by atoms with Gasteiger partial charge in [-0.05, 0) is 29.7 Å². The Morgan fingerprint density at radius 3 is 2.32 bits per heavy atom. The fourth-order valence-electron chi connectivity index (χ4n) is 2.01. The third-order valence-corrected chi connectivity index (χ3v) is 3.93. The van der Waals surface area contributed by atoms with Crippen LogP contribution in [-0.4, -0.2) is 19.1 Å². The molecule has 0 atom stereocenters. The lowest BCUT2D eigenvalue weighted by Crippen LogP contribution is -2.26. The number of halogens is 1. The number of nitrogens with one attached hydrogen (secondary N) is 1. The number of benzene rings is 2. The molecule has 2 aromatic carbocycles. The molecular formula is C18H20BrNO2. The maximum Gasteiger partial charge on any atom is 0.320 e. The molecule has 0 heterocycles. The van der Waals surface area contributed by atoms with Crippen LogP contribution in [0.15, 0.2) is 54.6 Å². The fraction of sp³-hybridized carbons (Fsp3) is 0.278. The van der Waals surface area contributed by atoms with Crippen LogP contribution in [0, 0.1) is 0 Å². The molecule has 116 valence electrons. The van der Waals surface area contributed by atoms with Gasteiger partial charge in [-0.2, -0.15) is 0 Å². The minimum absolute atomic E-state index is 0.224. The van der Waals surface area contributed by atoms with Crippen molar-refractivity contribution in [1.82, 2.24) is 5.32 Å². The maximum atomic E-state index is 11.6. The predicted octanol–water partition coefficient (Wildman–Crippen LogP) is 3.46. The Hall–Kier alpha value is -1.65. The summed E-state index contributed by atoms with van der Waals surface area (Å²) in [6.07, 6.45) is 0.897. The summed E-state index contributed by atoms with van der Waals surface area (Å²) in [5.74, 6) is -0.224. The van der Waals surface area contributed by atoms with E-state index in [4.69, 9.17) is 4.74 Å². The first-order chi connectivity index (χ1) is 10.8. The van der Waals surface area contributed by atoms with Gasteiger partial charge in [0.15, 0.2) is 0 Å². The zero-order chi connectivity index (χ0) is 15.6. The number of rotatable bonds is 8. The van der Waals surface area contributed by atoms with Crippen molar-refractivity contribution in [2.24, 2.45) is 0 Å². The lowest BCUT2D eigenvalue weighted by Gasteiger charge is -2.07. The van der Waals surface area contributed by atoms with Crippen molar-refractivity contribution in [3.8, 4) is 0 Å². The van der Waals surface area contributed by atoms with Gasteiger partial charge >= 0.3 is 5.97 Å². The smallest absolute Gasteiger partial charge is 0.320 e. The molecular weight excluding hydrogens is 342 g/mol. The van der Waals surface area contributed by atoms with Crippen LogP contribution in [-0.2, 0) is 27.9 Å². The van der Waals surface area contributed by atoms with E-state index >= 15 is 0 Å². The minimum Gasteiger partial charge on any atom is -0.460 e. The standard InChI is InChI=1S/C18H20BrNO2/c19-12-16-8-6-15(7-9-16)10-11-20-13-18(21)22-14-17-4-2-1-3-5-17/h1-9,20H,10-14H2. The van der Waals surface area contributed by atoms with E-state index in [1.807, 2.05) is 30.3 Å². The summed E-state index contributed by atoms with van der Waals surface area (Å²) in [4.78, 5) is 11.6. The third kappa shape index (κ3) is 6.00. The molecule has 1 N–H and O–H groups in total. The van der Waals surface area contributed by atoms with E-state index in [1.54, 1.807) is 0 Å². The highest BCUT2D eigenvalue weighted by atomic mass is 79.9. The summed E-state index contributed by atoms with van der Waals surface area (Å²) in [5.41, 5.74) is 3.53. The molecule has 0 saturated heterocycles.